The second kappa shape index (κ2) is 6.31. The van der Waals surface area contributed by atoms with Gasteiger partial charge in [-0.25, -0.2) is 0 Å². The molecule has 124 valence electrons. The van der Waals surface area contributed by atoms with Crippen molar-refractivity contribution in [1.82, 2.24) is 10.6 Å². The van der Waals surface area contributed by atoms with Gasteiger partial charge in [0, 0.05) is 5.70 Å². The van der Waals surface area contributed by atoms with E-state index in [0.717, 1.165) is 36.9 Å². The summed E-state index contributed by atoms with van der Waals surface area (Å²) in [5.74, 6) is 0.134. The zero-order chi connectivity index (χ0) is 16.4. The molecule has 1 aromatic rings. The normalized spacial score (nSPS) is 24.4. The van der Waals surface area contributed by atoms with Crippen molar-refractivity contribution in [3.8, 4) is 0 Å². The lowest BCUT2D eigenvalue weighted by molar-refractivity contribution is -0.124. The van der Waals surface area contributed by atoms with Gasteiger partial charge in [-0.05, 0) is 61.8 Å². The second-order valence-electron chi connectivity index (χ2n) is 6.98. The van der Waals surface area contributed by atoms with Gasteiger partial charge in [0.2, 0.25) is 5.91 Å². The van der Waals surface area contributed by atoms with E-state index in [-0.39, 0.29) is 17.5 Å². The van der Waals surface area contributed by atoms with Crippen LogP contribution in [0.25, 0.3) is 0 Å². The van der Waals surface area contributed by atoms with Crippen LogP contribution in [0.15, 0.2) is 65.9 Å². The van der Waals surface area contributed by atoms with Crippen molar-refractivity contribution in [1.29, 1.82) is 0 Å². The van der Waals surface area contributed by atoms with Gasteiger partial charge in [0.25, 0.3) is 0 Å². The maximum Gasteiger partial charge on any atom is 0.232 e. The first-order valence-electron chi connectivity index (χ1n) is 8.99. The summed E-state index contributed by atoms with van der Waals surface area (Å²) in [5.41, 5.74) is 3.36. The van der Waals surface area contributed by atoms with E-state index in [1.807, 2.05) is 30.4 Å². The molecule has 1 amide bonds. The van der Waals surface area contributed by atoms with Crippen LogP contribution in [0.4, 0.5) is 0 Å². The van der Waals surface area contributed by atoms with Gasteiger partial charge in [-0.15, -0.1) is 0 Å². The molecule has 3 aliphatic rings. The number of carbonyl (C=O) groups is 1. The van der Waals surface area contributed by atoms with E-state index in [2.05, 4.69) is 34.9 Å². The molecule has 0 radical (unpaired) electrons. The third-order valence-corrected chi connectivity index (χ3v) is 5.31. The Hall–Kier alpha value is -2.29. The van der Waals surface area contributed by atoms with E-state index in [1.54, 1.807) is 0 Å². The van der Waals surface area contributed by atoms with Gasteiger partial charge in [-0.1, -0.05) is 42.5 Å². The van der Waals surface area contributed by atoms with E-state index in [1.165, 1.54) is 18.4 Å². The Bertz CT molecular complexity index is 711. The van der Waals surface area contributed by atoms with E-state index >= 15 is 0 Å². The lowest BCUT2D eigenvalue weighted by Gasteiger charge is -2.27. The molecule has 1 heterocycles. The van der Waals surface area contributed by atoms with E-state index in [4.69, 9.17) is 0 Å². The van der Waals surface area contributed by atoms with Crippen LogP contribution in [0, 0.1) is 0 Å². The highest BCUT2D eigenvalue weighted by atomic mass is 16.2. The SMILES string of the molecule is O=C(N[C@H]1C=CC=C(C2=CCCCC2)N1)C1(c2ccccc2)CC1. The van der Waals surface area contributed by atoms with Gasteiger partial charge in [-0.3, -0.25) is 4.79 Å². The fourth-order valence-corrected chi connectivity index (χ4v) is 3.70. The summed E-state index contributed by atoms with van der Waals surface area (Å²) in [6.45, 7) is 0. The van der Waals surface area contributed by atoms with Crippen molar-refractivity contribution >= 4 is 5.91 Å². The zero-order valence-corrected chi connectivity index (χ0v) is 13.9. The Morgan fingerprint density at radius 2 is 2.00 bits per heavy atom. The van der Waals surface area contributed by atoms with Crippen molar-refractivity contribution in [2.75, 3.05) is 0 Å². The smallest absolute Gasteiger partial charge is 0.232 e. The first kappa shape index (κ1) is 15.3. The monoisotopic (exact) mass is 320 g/mol. The molecule has 3 heteroatoms. The number of allylic oxidation sites excluding steroid dienone is 4. The summed E-state index contributed by atoms with van der Waals surface area (Å²) >= 11 is 0. The Labute approximate surface area is 143 Å². The number of hydrogen-bond acceptors (Lipinski definition) is 2. The number of amides is 1. The number of benzene rings is 1. The van der Waals surface area contributed by atoms with Crippen molar-refractivity contribution in [3.05, 3.63) is 71.5 Å². The number of nitrogens with one attached hydrogen (secondary N) is 2. The van der Waals surface area contributed by atoms with Crippen molar-refractivity contribution in [2.45, 2.75) is 50.1 Å². The van der Waals surface area contributed by atoms with Crippen LogP contribution in [0.2, 0.25) is 0 Å². The largest absolute Gasteiger partial charge is 0.362 e. The van der Waals surface area contributed by atoms with Crippen LogP contribution in [0.1, 0.15) is 44.1 Å². The molecule has 1 fully saturated rings. The van der Waals surface area contributed by atoms with E-state index in [9.17, 15) is 4.79 Å². The zero-order valence-electron chi connectivity index (χ0n) is 13.9. The first-order chi connectivity index (χ1) is 11.8. The van der Waals surface area contributed by atoms with Crippen LogP contribution in [0.5, 0.6) is 0 Å². The molecule has 0 saturated heterocycles. The van der Waals surface area contributed by atoms with Crippen molar-refractivity contribution in [2.24, 2.45) is 0 Å². The standard InChI is InChI=1S/C21H24N2O/c24-20(21(14-15-21)17-10-5-2-6-11-17)23-19-13-7-12-18(22-19)16-8-3-1-4-9-16/h2,5-8,10-13,19,22H,1,3-4,9,14-15H2,(H,23,24)/t19-/m0/s1. The number of hydrogen-bond donors (Lipinski definition) is 2. The third kappa shape index (κ3) is 2.91. The van der Waals surface area contributed by atoms with Gasteiger partial charge in [0.15, 0.2) is 0 Å². The van der Waals surface area contributed by atoms with Crippen LogP contribution >= 0.6 is 0 Å². The Balaban J connectivity index is 1.43. The molecule has 1 saturated carbocycles. The number of rotatable bonds is 4. The molecule has 3 nitrogen and oxygen atoms in total. The van der Waals surface area contributed by atoms with E-state index < -0.39 is 0 Å². The van der Waals surface area contributed by atoms with Crippen LogP contribution in [-0.2, 0) is 10.2 Å². The second-order valence-corrected chi connectivity index (χ2v) is 6.98. The molecular weight excluding hydrogens is 296 g/mol. The summed E-state index contributed by atoms with van der Waals surface area (Å²) in [7, 11) is 0. The fourth-order valence-electron chi connectivity index (χ4n) is 3.70. The topological polar surface area (TPSA) is 41.1 Å². The third-order valence-electron chi connectivity index (χ3n) is 5.31. The van der Waals surface area contributed by atoms with Gasteiger partial charge < -0.3 is 10.6 Å². The first-order valence-corrected chi connectivity index (χ1v) is 8.99. The minimum absolute atomic E-state index is 0.124. The summed E-state index contributed by atoms with van der Waals surface area (Å²) in [4.78, 5) is 12.9. The highest BCUT2D eigenvalue weighted by Gasteiger charge is 2.51. The molecule has 2 N–H and O–H groups in total. The van der Waals surface area contributed by atoms with Crippen LogP contribution in [0.3, 0.4) is 0 Å². The van der Waals surface area contributed by atoms with Crippen LogP contribution < -0.4 is 10.6 Å². The average Bonchev–Trinajstić information content (AvgIpc) is 3.46. The molecule has 0 aromatic heterocycles. The molecule has 0 spiro atoms. The fraction of sp³-hybridized carbons (Fsp3) is 0.381. The highest BCUT2D eigenvalue weighted by molar-refractivity contribution is 5.91. The maximum atomic E-state index is 12.9. The Kier molecular flexibility index (Phi) is 4.01. The number of dihydropyridines is 1. The molecule has 0 unspecified atom stereocenters. The maximum absolute atomic E-state index is 12.9. The molecule has 1 aromatic carbocycles. The van der Waals surface area contributed by atoms with Gasteiger partial charge in [0.1, 0.15) is 6.17 Å². The molecule has 0 bridgehead atoms. The summed E-state index contributed by atoms with van der Waals surface area (Å²) < 4.78 is 0. The van der Waals surface area contributed by atoms with Gasteiger partial charge in [0.05, 0.1) is 5.41 Å². The summed E-state index contributed by atoms with van der Waals surface area (Å²) in [6.07, 6.45) is 15.1. The summed E-state index contributed by atoms with van der Waals surface area (Å²) in [6, 6.07) is 10.2. The average molecular weight is 320 g/mol. The molecule has 1 atom stereocenters. The van der Waals surface area contributed by atoms with Gasteiger partial charge in [-0.2, -0.15) is 0 Å². The minimum atomic E-state index is -0.317. The predicted octanol–water partition coefficient (Wildman–Crippen LogP) is 3.70. The quantitative estimate of drug-likeness (QED) is 0.888. The molecule has 24 heavy (non-hydrogen) atoms. The molecule has 4 rings (SSSR count). The van der Waals surface area contributed by atoms with E-state index in [0.29, 0.717) is 0 Å². The lowest BCUT2D eigenvalue weighted by Crippen LogP contribution is -2.48. The predicted molar refractivity (Wildman–Crippen MR) is 96.2 cm³/mol. The Morgan fingerprint density at radius 3 is 2.71 bits per heavy atom. The number of carbonyl (C=O) groups excluding carboxylic acids is 1. The van der Waals surface area contributed by atoms with Crippen molar-refractivity contribution < 1.29 is 4.79 Å². The lowest BCUT2D eigenvalue weighted by atomic mass is 9.94. The molecular formula is C21H24N2O. The van der Waals surface area contributed by atoms with Crippen LogP contribution in [-0.4, -0.2) is 12.1 Å². The van der Waals surface area contributed by atoms with Gasteiger partial charge >= 0.3 is 0 Å². The highest BCUT2D eigenvalue weighted by Crippen LogP contribution is 2.48. The van der Waals surface area contributed by atoms with Crippen molar-refractivity contribution in [3.63, 3.8) is 0 Å². The molecule has 1 aliphatic heterocycles. The minimum Gasteiger partial charge on any atom is -0.362 e. The Morgan fingerprint density at radius 1 is 1.17 bits per heavy atom. The molecule has 2 aliphatic carbocycles. The summed E-state index contributed by atoms with van der Waals surface area (Å²) in [5, 5.41) is 6.66.